The van der Waals surface area contributed by atoms with Crippen LogP contribution < -0.4 is 5.32 Å². The molecule has 2 rings (SSSR count). The number of fused-ring (bicyclic) bond motifs is 2. The topological polar surface area (TPSA) is 110 Å². The van der Waals surface area contributed by atoms with E-state index in [0.717, 1.165) is 25.7 Å². The average Bonchev–Trinajstić information content (AvgIpc) is 2.26. The summed E-state index contributed by atoms with van der Waals surface area (Å²) < 4.78 is 0. The van der Waals surface area contributed by atoms with Gasteiger partial charge >= 0.3 is 0 Å². The van der Waals surface area contributed by atoms with Crippen LogP contribution in [-0.2, 0) is 0 Å². The minimum Gasteiger partial charge on any atom is -0.310 e. The first kappa shape index (κ1) is 10.1. The smallest absolute Gasteiger partial charge is 0.0528 e. The van der Waals surface area contributed by atoms with Crippen LogP contribution in [0.1, 0.15) is 25.7 Å². The van der Waals surface area contributed by atoms with Gasteiger partial charge in [-0.25, -0.2) is 0 Å². The van der Waals surface area contributed by atoms with Gasteiger partial charge in [0.15, 0.2) is 0 Å². The quantitative estimate of drug-likeness (QED) is 0.418. The predicted molar refractivity (Wildman–Crippen MR) is 55.0 cm³/mol. The Kier molecular flexibility index (Phi) is 2.97. The van der Waals surface area contributed by atoms with Crippen molar-refractivity contribution in [2.45, 2.75) is 49.9 Å². The lowest BCUT2D eigenvalue weighted by Gasteiger charge is -2.42. The van der Waals surface area contributed by atoms with E-state index in [1.165, 1.54) is 0 Å². The van der Waals surface area contributed by atoms with Crippen molar-refractivity contribution in [2.24, 2.45) is 10.2 Å². The minimum atomic E-state index is 0.0678. The first-order valence-electron chi connectivity index (χ1n) is 5.19. The number of hydrogen-bond donors (Lipinski definition) is 1. The SMILES string of the molecule is [N-]=[N+]=N[C@H]1CC[C@@H]2N[C@H]1CC[C@@H]2N=[N+]=[N-]. The fourth-order valence-corrected chi connectivity index (χ4v) is 2.56. The number of rotatable bonds is 2. The zero-order valence-electron chi connectivity index (χ0n) is 8.32. The van der Waals surface area contributed by atoms with Crippen LogP contribution in [0.25, 0.3) is 20.9 Å². The molecule has 0 aliphatic carbocycles. The Labute approximate surface area is 87.1 Å². The molecule has 0 aromatic rings. The molecule has 2 bridgehead atoms. The molecule has 7 heteroatoms. The Balaban J connectivity index is 2.05. The van der Waals surface area contributed by atoms with Crippen molar-refractivity contribution in [3.8, 4) is 0 Å². The molecule has 0 amide bonds. The van der Waals surface area contributed by atoms with Gasteiger partial charge in [-0.05, 0) is 36.7 Å². The molecule has 2 aliphatic heterocycles. The Morgan fingerprint density at radius 3 is 1.73 bits per heavy atom. The van der Waals surface area contributed by atoms with Crippen LogP contribution in [0, 0.1) is 0 Å². The standard InChI is InChI=1S/C8H13N7/c9-14-12-7-3-1-5-8(13-15-10)4-2-6(7)11-5/h5-8,11H,1-4H2/t5-,6-,7-,8-/m0/s1. The van der Waals surface area contributed by atoms with E-state index in [0.29, 0.717) is 0 Å². The molecule has 2 saturated heterocycles. The van der Waals surface area contributed by atoms with Gasteiger partial charge in [0, 0.05) is 21.9 Å². The Hall–Kier alpha value is -1.42. The summed E-state index contributed by atoms with van der Waals surface area (Å²) in [6.45, 7) is 0. The van der Waals surface area contributed by atoms with Crippen molar-refractivity contribution >= 4 is 0 Å². The first-order chi connectivity index (χ1) is 7.35. The fourth-order valence-electron chi connectivity index (χ4n) is 2.56. The van der Waals surface area contributed by atoms with E-state index in [2.05, 4.69) is 25.4 Å². The van der Waals surface area contributed by atoms with Crippen LogP contribution in [0.15, 0.2) is 10.2 Å². The van der Waals surface area contributed by atoms with E-state index in [-0.39, 0.29) is 24.2 Å². The maximum absolute atomic E-state index is 8.42. The predicted octanol–water partition coefficient (Wildman–Crippen LogP) is 2.26. The molecule has 15 heavy (non-hydrogen) atoms. The molecule has 2 fully saturated rings. The molecule has 2 heterocycles. The van der Waals surface area contributed by atoms with Crippen molar-refractivity contribution < 1.29 is 0 Å². The van der Waals surface area contributed by atoms with E-state index < -0.39 is 0 Å². The highest BCUT2D eigenvalue weighted by Crippen LogP contribution is 2.29. The van der Waals surface area contributed by atoms with Crippen molar-refractivity contribution in [1.29, 1.82) is 0 Å². The number of piperidine rings is 2. The summed E-state index contributed by atoms with van der Waals surface area (Å²) in [5, 5.41) is 11.0. The Bertz CT molecular complexity index is 296. The molecular formula is C8H13N7. The van der Waals surface area contributed by atoms with Crippen LogP contribution in [0.3, 0.4) is 0 Å². The van der Waals surface area contributed by atoms with E-state index in [1.54, 1.807) is 0 Å². The van der Waals surface area contributed by atoms with Crippen LogP contribution in [0.4, 0.5) is 0 Å². The molecule has 0 saturated carbocycles. The van der Waals surface area contributed by atoms with Gasteiger partial charge in [0.1, 0.15) is 0 Å². The second-order valence-corrected chi connectivity index (χ2v) is 4.08. The van der Waals surface area contributed by atoms with Gasteiger partial charge < -0.3 is 5.32 Å². The van der Waals surface area contributed by atoms with Gasteiger partial charge in [0.05, 0.1) is 12.1 Å². The summed E-state index contributed by atoms with van der Waals surface area (Å²) >= 11 is 0. The molecule has 7 nitrogen and oxygen atoms in total. The molecule has 0 aromatic heterocycles. The van der Waals surface area contributed by atoms with Crippen LogP contribution in [0.5, 0.6) is 0 Å². The molecule has 0 unspecified atom stereocenters. The summed E-state index contributed by atoms with van der Waals surface area (Å²) in [7, 11) is 0. The summed E-state index contributed by atoms with van der Waals surface area (Å²) in [5.74, 6) is 0. The third-order valence-corrected chi connectivity index (χ3v) is 3.30. The van der Waals surface area contributed by atoms with Gasteiger partial charge in [-0.3, -0.25) is 0 Å². The van der Waals surface area contributed by atoms with E-state index in [9.17, 15) is 0 Å². The van der Waals surface area contributed by atoms with Crippen molar-refractivity contribution in [2.75, 3.05) is 0 Å². The highest BCUT2D eigenvalue weighted by Gasteiger charge is 2.37. The lowest BCUT2D eigenvalue weighted by atomic mass is 9.81. The third-order valence-electron chi connectivity index (χ3n) is 3.30. The average molecular weight is 207 g/mol. The van der Waals surface area contributed by atoms with E-state index >= 15 is 0 Å². The molecule has 0 aromatic carbocycles. The highest BCUT2D eigenvalue weighted by atomic mass is 15.2. The van der Waals surface area contributed by atoms with Gasteiger partial charge in [0.25, 0.3) is 0 Å². The van der Waals surface area contributed by atoms with Gasteiger partial charge in [-0.15, -0.1) is 0 Å². The Morgan fingerprint density at radius 1 is 0.867 bits per heavy atom. The largest absolute Gasteiger partial charge is 0.310 e. The molecule has 0 spiro atoms. The van der Waals surface area contributed by atoms with Crippen LogP contribution >= 0.6 is 0 Å². The highest BCUT2D eigenvalue weighted by molar-refractivity contribution is 5.00. The van der Waals surface area contributed by atoms with Crippen molar-refractivity contribution in [1.82, 2.24) is 5.32 Å². The Morgan fingerprint density at radius 2 is 1.33 bits per heavy atom. The molecule has 1 N–H and O–H groups in total. The number of azide groups is 2. The first-order valence-corrected chi connectivity index (χ1v) is 5.19. The lowest BCUT2D eigenvalue weighted by Crippen LogP contribution is -2.57. The summed E-state index contributed by atoms with van der Waals surface area (Å²) in [6, 6.07) is 0.672. The zero-order valence-corrected chi connectivity index (χ0v) is 8.32. The monoisotopic (exact) mass is 207 g/mol. The van der Waals surface area contributed by atoms with E-state index in [1.807, 2.05) is 0 Å². The second-order valence-electron chi connectivity index (χ2n) is 4.08. The zero-order chi connectivity index (χ0) is 10.7. The molecular weight excluding hydrogens is 194 g/mol. The van der Waals surface area contributed by atoms with Gasteiger partial charge in [0.2, 0.25) is 0 Å². The summed E-state index contributed by atoms with van der Waals surface area (Å²) in [5.41, 5.74) is 16.8. The van der Waals surface area contributed by atoms with Gasteiger partial charge in [-0.2, -0.15) is 0 Å². The minimum absolute atomic E-state index is 0.0678. The maximum atomic E-state index is 8.42. The number of nitrogens with one attached hydrogen (secondary N) is 1. The molecule has 0 radical (unpaired) electrons. The second kappa shape index (κ2) is 4.40. The van der Waals surface area contributed by atoms with Crippen molar-refractivity contribution in [3.63, 3.8) is 0 Å². The van der Waals surface area contributed by atoms with Crippen LogP contribution in [-0.4, -0.2) is 24.2 Å². The fraction of sp³-hybridized carbons (Fsp3) is 1.00. The van der Waals surface area contributed by atoms with Gasteiger partial charge in [-0.1, -0.05) is 10.2 Å². The normalized spacial score (nSPS) is 38.7. The number of hydrogen-bond acceptors (Lipinski definition) is 3. The molecule has 80 valence electrons. The summed E-state index contributed by atoms with van der Waals surface area (Å²) in [6.07, 6.45) is 3.63. The van der Waals surface area contributed by atoms with Crippen molar-refractivity contribution in [3.05, 3.63) is 20.9 Å². The number of nitrogens with zero attached hydrogens (tertiary/aromatic N) is 6. The summed E-state index contributed by atoms with van der Waals surface area (Å²) in [4.78, 5) is 5.73. The lowest BCUT2D eigenvalue weighted by molar-refractivity contribution is 0.194. The van der Waals surface area contributed by atoms with Crippen LogP contribution in [0.2, 0.25) is 0 Å². The molecule has 4 atom stereocenters. The van der Waals surface area contributed by atoms with E-state index in [4.69, 9.17) is 11.1 Å². The molecule has 2 aliphatic rings. The third kappa shape index (κ3) is 1.99. The maximum Gasteiger partial charge on any atom is 0.0528 e.